The summed E-state index contributed by atoms with van der Waals surface area (Å²) in [5.74, 6) is -0.332. The van der Waals surface area contributed by atoms with Gasteiger partial charge in [0.05, 0.1) is 6.54 Å². The first-order chi connectivity index (χ1) is 10.00. The molecule has 1 aromatic carbocycles. The number of hydrogen-bond acceptors (Lipinski definition) is 4. The average molecular weight is 324 g/mol. The van der Waals surface area contributed by atoms with Crippen LogP contribution in [-0.2, 0) is 21.4 Å². The van der Waals surface area contributed by atoms with E-state index in [2.05, 4.69) is 5.32 Å². The Kier molecular flexibility index (Phi) is 5.11. The molecular formula is C14H16N2O3S2. The number of hydrogen-bond donors (Lipinski definition) is 1. The number of nitrogens with one attached hydrogen (secondary N) is 1. The molecule has 112 valence electrons. The molecule has 0 bridgehead atoms. The maximum Gasteiger partial charge on any atom is 0.252 e. The second-order valence-corrected chi connectivity index (χ2v) is 7.67. The van der Waals surface area contributed by atoms with Crippen molar-refractivity contribution in [3.63, 3.8) is 0 Å². The van der Waals surface area contributed by atoms with Crippen LogP contribution < -0.4 is 5.32 Å². The Hall–Kier alpha value is -1.70. The highest BCUT2D eigenvalue weighted by atomic mass is 32.2. The van der Waals surface area contributed by atoms with Crippen LogP contribution in [0.25, 0.3) is 0 Å². The molecule has 0 saturated heterocycles. The Balaban J connectivity index is 1.91. The molecule has 0 atom stereocenters. The van der Waals surface area contributed by atoms with Gasteiger partial charge in [0.25, 0.3) is 10.0 Å². The highest BCUT2D eigenvalue weighted by molar-refractivity contribution is 7.91. The number of sulfonamides is 1. The van der Waals surface area contributed by atoms with Crippen molar-refractivity contribution in [2.45, 2.75) is 10.8 Å². The van der Waals surface area contributed by atoms with Gasteiger partial charge in [0.15, 0.2) is 0 Å². The quantitative estimate of drug-likeness (QED) is 0.879. The molecule has 0 fully saturated rings. The Labute approximate surface area is 128 Å². The van der Waals surface area contributed by atoms with E-state index in [9.17, 15) is 13.2 Å². The lowest BCUT2D eigenvalue weighted by Crippen LogP contribution is -2.37. The lowest BCUT2D eigenvalue weighted by molar-refractivity contribution is -0.121. The molecule has 21 heavy (non-hydrogen) atoms. The van der Waals surface area contributed by atoms with E-state index in [1.165, 1.54) is 13.1 Å². The summed E-state index contributed by atoms with van der Waals surface area (Å²) in [7, 11) is -2.18. The van der Waals surface area contributed by atoms with Gasteiger partial charge in [-0.3, -0.25) is 4.79 Å². The summed E-state index contributed by atoms with van der Waals surface area (Å²) >= 11 is 1.13. The number of likely N-dealkylation sites (N-methyl/N-ethyl adjacent to an activating group) is 1. The van der Waals surface area contributed by atoms with Crippen molar-refractivity contribution < 1.29 is 13.2 Å². The van der Waals surface area contributed by atoms with Gasteiger partial charge in [0.1, 0.15) is 4.21 Å². The van der Waals surface area contributed by atoms with Crippen molar-refractivity contribution in [2.24, 2.45) is 0 Å². The van der Waals surface area contributed by atoms with Crippen LogP contribution in [-0.4, -0.2) is 32.2 Å². The largest absolute Gasteiger partial charge is 0.351 e. The zero-order valence-electron chi connectivity index (χ0n) is 11.5. The van der Waals surface area contributed by atoms with E-state index in [0.717, 1.165) is 21.2 Å². The number of amides is 1. The minimum Gasteiger partial charge on any atom is -0.351 e. The van der Waals surface area contributed by atoms with Crippen molar-refractivity contribution in [2.75, 3.05) is 13.6 Å². The lowest BCUT2D eigenvalue weighted by Gasteiger charge is -2.15. The van der Waals surface area contributed by atoms with Gasteiger partial charge in [-0.05, 0) is 17.0 Å². The fraction of sp³-hybridized carbons (Fsp3) is 0.214. The van der Waals surface area contributed by atoms with Crippen molar-refractivity contribution in [1.82, 2.24) is 9.62 Å². The predicted octanol–water partition coefficient (Wildman–Crippen LogP) is 1.68. The molecule has 5 nitrogen and oxygen atoms in total. The summed E-state index contributed by atoms with van der Waals surface area (Å²) in [6, 6.07) is 12.6. The van der Waals surface area contributed by atoms with Gasteiger partial charge < -0.3 is 5.32 Å². The van der Waals surface area contributed by atoms with E-state index in [1.54, 1.807) is 11.4 Å². The van der Waals surface area contributed by atoms with Gasteiger partial charge in [-0.15, -0.1) is 11.3 Å². The lowest BCUT2D eigenvalue weighted by atomic mass is 10.2. The summed E-state index contributed by atoms with van der Waals surface area (Å²) in [5, 5.41) is 4.40. The zero-order valence-corrected chi connectivity index (χ0v) is 13.2. The molecule has 1 N–H and O–H groups in total. The molecule has 1 amide bonds. The molecule has 7 heteroatoms. The predicted molar refractivity (Wildman–Crippen MR) is 82.4 cm³/mol. The van der Waals surface area contributed by atoms with Gasteiger partial charge in [0, 0.05) is 13.6 Å². The van der Waals surface area contributed by atoms with E-state index in [-0.39, 0.29) is 16.7 Å². The van der Waals surface area contributed by atoms with Crippen LogP contribution in [0.4, 0.5) is 0 Å². The fourth-order valence-corrected chi connectivity index (χ4v) is 4.03. The second kappa shape index (κ2) is 6.84. The molecule has 2 aromatic rings. The SMILES string of the molecule is CN(CC(=O)NCc1ccccc1)S(=O)(=O)c1cccs1. The highest BCUT2D eigenvalue weighted by Gasteiger charge is 2.23. The van der Waals surface area contributed by atoms with Crippen LogP contribution in [0.15, 0.2) is 52.1 Å². The number of carbonyl (C=O) groups is 1. The van der Waals surface area contributed by atoms with Crippen LogP contribution in [0.5, 0.6) is 0 Å². The first kappa shape index (κ1) is 15.7. The van der Waals surface area contributed by atoms with Crippen molar-refractivity contribution >= 4 is 27.3 Å². The summed E-state index contributed by atoms with van der Waals surface area (Å²) in [6.45, 7) is 0.180. The van der Waals surface area contributed by atoms with Gasteiger partial charge in [-0.2, -0.15) is 4.31 Å². The van der Waals surface area contributed by atoms with Gasteiger partial charge in [0.2, 0.25) is 5.91 Å². The Bertz CT molecular complexity index is 682. The average Bonchev–Trinajstić information content (AvgIpc) is 3.01. The summed E-state index contributed by atoms with van der Waals surface area (Å²) < 4.78 is 25.6. The summed E-state index contributed by atoms with van der Waals surface area (Å²) in [5.41, 5.74) is 0.967. The van der Waals surface area contributed by atoms with E-state index >= 15 is 0 Å². The minimum absolute atomic E-state index is 0.201. The highest BCUT2D eigenvalue weighted by Crippen LogP contribution is 2.19. The Morgan fingerprint density at radius 3 is 2.52 bits per heavy atom. The molecule has 2 rings (SSSR count). The second-order valence-electron chi connectivity index (χ2n) is 4.46. The number of rotatable bonds is 6. The molecule has 0 radical (unpaired) electrons. The van der Waals surface area contributed by atoms with E-state index in [4.69, 9.17) is 0 Å². The van der Waals surface area contributed by atoms with Crippen LogP contribution in [0.2, 0.25) is 0 Å². The maximum atomic E-state index is 12.2. The molecule has 1 heterocycles. The van der Waals surface area contributed by atoms with Crippen LogP contribution in [0.3, 0.4) is 0 Å². The number of benzene rings is 1. The number of carbonyl (C=O) groups excluding carboxylic acids is 1. The monoisotopic (exact) mass is 324 g/mol. The molecule has 0 saturated carbocycles. The first-order valence-electron chi connectivity index (χ1n) is 6.30. The molecule has 0 aliphatic heterocycles. The Morgan fingerprint density at radius 2 is 1.90 bits per heavy atom. The molecule has 0 aliphatic carbocycles. The van der Waals surface area contributed by atoms with Crippen LogP contribution in [0.1, 0.15) is 5.56 Å². The molecule has 0 unspecified atom stereocenters. The molecule has 0 aliphatic rings. The smallest absolute Gasteiger partial charge is 0.252 e. The van der Waals surface area contributed by atoms with Crippen molar-refractivity contribution in [1.29, 1.82) is 0 Å². The van der Waals surface area contributed by atoms with Crippen LogP contribution in [0, 0.1) is 0 Å². The fourth-order valence-electron chi connectivity index (χ4n) is 1.70. The van der Waals surface area contributed by atoms with Crippen LogP contribution >= 0.6 is 11.3 Å². The van der Waals surface area contributed by atoms with Crippen molar-refractivity contribution in [3.8, 4) is 0 Å². The normalized spacial score (nSPS) is 11.5. The summed E-state index contributed by atoms with van der Waals surface area (Å²) in [4.78, 5) is 11.8. The van der Waals surface area contributed by atoms with Gasteiger partial charge >= 0.3 is 0 Å². The number of nitrogens with zero attached hydrogens (tertiary/aromatic N) is 1. The van der Waals surface area contributed by atoms with E-state index in [0.29, 0.717) is 6.54 Å². The third kappa shape index (κ3) is 4.13. The Morgan fingerprint density at radius 1 is 1.19 bits per heavy atom. The minimum atomic E-state index is -3.58. The number of thiophene rings is 1. The van der Waals surface area contributed by atoms with Gasteiger partial charge in [-0.1, -0.05) is 36.4 Å². The zero-order chi connectivity index (χ0) is 15.3. The maximum absolute atomic E-state index is 12.2. The topological polar surface area (TPSA) is 66.5 Å². The summed E-state index contributed by atoms with van der Waals surface area (Å²) in [6.07, 6.45) is 0. The molecular weight excluding hydrogens is 308 g/mol. The third-order valence-electron chi connectivity index (χ3n) is 2.86. The van der Waals surface area contributed by atoms with E-state index in [1.807, 2.05) is 30.3 Å². The molecule has 1 aromatic heterocycles. The van der Waals surface area contributed by atoms with Gasteiger partial charge in [-0.25, -0.2) is 8.42 Å². The van der Waals surface area contributed by atoms with E-state index < -0.39 is 10.0 Å². The standard InChI is InChI=1S/C14H16N2O3S2/c1-16(21(18,19)14-8-5-9-20-14)11-13(17)15-10-12-6-3-2-4-7-12/h2-9H,10-11H2,1H3,(H,15,17). The first-order valence-corrected chi connectivity index (χ1v) is 8.62. The van der Waals surface area contributed by atoms with Crippen molar-refractivity contribution in [3.05, 3.63) is 53.4 Å². The molecule has 0 spiro atoms. The third-order valence-corrected chi connectivity index (χ3v) is 6.03.